The molecule has 0 amide bonds. The van der Waals surface area contributed by atoms with Crippen molar-refractivity contribution in [1.29, 1.82) is 5.26 Å². The molecule has 1 aromatic heterocycles. The van der Waals surface area contributed by atoms with Gasteiger partial charge in [0.2, 0.25) is 0 Å². The van der Waals surface area contributed by atoms with E-state index in [1.54, 1.807) is 0 Å². The Hall–Kier alpha value is -2.12. The number of rotatable bonds is 3. The first-order chi connectivity index (χ1) is 10.2. The normalized spacial score (nSPS) is 18.8. The van der Waals surface area contributed by atoms with E-state index in [9.17, 15) is 5.26 Å². The highest BCUT2D eigenvalue weighted by atomic mass is 15.2. The molecule has 1 aromatic carbocycles. The minimum absolute atomic E-state index is 0.578. The molecule has 1 unspecified atom stereocenters. The Kier molecular flexibility index (Phi) is 3.76. The monoisotopic (exact) mass is 280 g/mol. The zero-order chi connectivity index (χ0) is 14.8. The van der Waals surface area contributed by atoms with Crippen molar-refractivity contribution < 1.29 is 0 Å². The van der Waals surface area contributed by atoms with Gasteiger partial charge in [-0.15, -0.1) is 0 Å². The van der Waals surface area contributed by atoms with E-state index in [1.807, 2.05) is 30.3 Å². The molecule has 2 heterocycles. The zero-order valence-electron chi connectivity index (χ0n) is 12.6. The third-order valence-electron chi connectivity index (χ3n) is 4.37. The number of pyridine rings is 1. The number of benzene rings is 1. The molecule has 0 N–H and O–H groups in total. The molecule has 0 spiro atoms. The van der Waals surface area contributed by atoms with Crippen LogP contribution in [-0.2, 0) is 0 Å². The molecule has 3 rings (SSSR count). The molecule has 0 bridgehead atoms. The molecule has 1 fully saturated rings. The van der Waals surface area contributed by atoms with Gasteiger partial charge in [0.25, 0.3) is 0 Å². The molecule has 0 aliphatic carbocycles. The van der Waals surface area contributed by atoms with Crippen LogP contribution in [0.2, 0.25) is 0 Å². The minimum Gasteiger partial charge on any atom is -0.358 e. The number of nitrogens with zero attached hydrogens (tertiary/aromatic N) is 4. The van der Waals surface area contributed by atoms with Gasteiger partial charge in [0.1, 0.15) is 5.82 Å². The predicted molar refractivity (Wildman–Crippen MR) is 85.4 cm³/mol. The van der Waals surface area contributed by atoms with Gasteiger partial charge < -0.3 is 9.80 Å². The molecule has 0 radical (unpaired) electrons. The Labute approximate surface area is 125 Å². The van der Waals surface area contributed by atoms with Crippen LogP contribution < -0.4 is 4.90 Å². The summed E-state index contributed by atoms with van der Waals surface area (Å²) in [6, 6.07) is 12.6. The lowest BCUT2D eigenvalue weighted by Gasteiger charge is -2.26. The number of hydrogen-bond donors (Lipinski definition) is 0. The molecule has 1 aliphatic rings. The Morgan fingerprint density at radius 2 is 2.24 bits per heavy atom. The Balaban J connectivity index is 1.91. The zero-order valence-corrected chi connectivity index (χ0v) is 12.6. The smallest absolute Gasteiger partial charge is 0.130 e. The molecule has 4 heteroatoms. The molecule has 0 saturated carbocycles. The van der Waals surface area contributed by atoms with Gasteiger partial charge in [-0.1, -0.05) is 18.2 Å². The van der Waals surface area contributed by atoms with Crippen molar-refractivity contribution in [2.45, 2.75) is 18.9 Å². The van der Waals surface area contributed by atoms with Crippen molar-refractivity contribution >= 4 is 16.7 Å². The average Bonchev–Trinajstić information content (AvgIpc) is 2.91. The number of fused-ring (bicyclic) bond motifs is 1. The van der Waals surface area contributed by atoms with E-state index >= 15 is 0 Å². The lowest BCUT2D eigenvalue weighted by molar-refractivity contribution is 0.314. The van der Waals surface area contributed by atoms with E-state index in [0.717, 1.165) is 23.3 Å². The maximum atomic E-state index is 9.36. The van der Waals surface area contributed by atoms with Crippen molar-refractivity contribution in [1.82, 2.24) is 9.88 Å². The van der Waals surface area contributed by atoms with Crippen LogP contribution in [0.5, 0.6) is 0 Å². The number of hydrogen-bond acceptors (Lipinski definition) is 4. The number of aromatic nitrogens is 1. The molecular weight excluding hydrogens is 260 g/mol. The summed E-state index contributed by atoms with van der Waals surface area (Å²) in [6.45, 7) is 2.12. The molecule has 108 valence electrons. The first kappa shape index (κ1) is 13.8. The van der Waals surface area contributed by atoms with Gasteiger partial charge >= 0.3 is 0 Å². The first-order valence-electron chi connectivity index (χ1n) is 7.40. The summed E-state index contributed by atoms with van der Waals surface area (Å²) in [5.74, 6) is 0.880. The second kappa shape index (κ2) is 5.71. The molecule has 1 atom stereocenters. The highest BCUT2D eigenvalue weighted by Crippen LogP contribution is 2.23. The second-order valence-electron chi connectivity index (χ2n) is 5.81. The summed E-state index contributed by atoms with van der Waals surface area (Å²) in [4.78, 5) is 9.28. The minimum atomic E-state index is 0.578. The largest absolute Gasteiger partial charge is 0.358 e. The summed E-state index contributed by atoms with van der Waals surface area (Å²) < 4.78 is 0. The van der Waals surface area contributed by atoms with Crippen molar-refractivity contribution in [2.24, 2.45) is 0 Å². The second-order valence-corrected chi connectivity index (χ2v) is 5.81. The molecule has 1 aliphatic heterocycles. The van der Waals surface area contributed by atoms with Gasteiger partial charge in [0, 0.05) is 25.0 Å². The fourth-order valence-corrected chi connectivity index (χ4v) is 3.07. The van der Waals surface area contributed by atoms with Crippen LogP contribution in [0, 0.1) is 11.3 Å². The van der Waals surface area contributed by atoms with Gasteiger partial charge in [0.15, 0.2) is 0 Å². The van der Waals surface area contributed by atoms with E-state index in [0.29, 0.717) is 11.6 Å². The van der Waals surface area contributed by atoms with E-state index in [4.69, 9.17) is 4.98 Å². The van der Waals surface area contributed by atoms with Gasteiger partial charge in [0.05, 0.1) is 17.1 Å². The van der Waals surface area contributed by atoms with Crippen LogP contribution in [0.1, 0.15) is 18.4 Å². The maximum Gasteiger partial charge on any atom is 0.130 e. The van der Waals surface area contributed by atoms with Crippen LogP contribution in [-0.4, -0.2) is 43.1 Å². The first-order valence-corrected chi connectivity index (χ1v) is 7.40. The third kappa shape index (κ3) is 2.70. The Morgan fingerprint density at radius 3 is 2.95 bits per heavy atom. The Bertz CT molecular complexity index is 689. The van der Waals surface area contributed by atoms with E-state index in [-0.39, 0.29) is 0 Å². The molecular formula is C17H20N4. The summed E-state index contributed by atoms with van der Waals surface area (Å²) in [5.41, 5.74) is 1.58. The quantitative estimate of drug-likeness (QED) is 0.867. The standard InChI is InChI=1S/C17H20N4/c1-20-9-5-6-14(20)12-21(2)17-10-13(11-18)15-7-3-4-8-16(15)19-17/h3-4,7-8,10,14H,5-6,9,12H2,1-2H3. The van der Waals surface area contributed by atoms with E-state index in [2.05, 4.69) is 30.0 Å². The lowest BCUT2D eigenvalue weighted by atomic mass is 10.1. The summed E-state index contributed by atoms with van der Waals surface area (Å²) in [6.07, 6.45) is 2.50. The molecule has 2 aromatic rings. The molecule has 1 saturated heterocycles. The highest BCUT2D eigenvalue weighted by molar-refractivity contribution is 5.86. The van der Waals surface area contributed by atoms with Crippen molar-refractivity contribution in [3.63, 3.8) is 0 Å². The average molecular weight is 280 g/mol. The van der Waals surface area contributed by atoms with E-state index in [1.165, 1.54) is 19.4 Å². The van der Waals surface area contributed by atoms with Crippen LogP contribution in [0.4, 0.5) is 5.82 Å². The summed E-state index contributed by atoms with van der Waals surface area (Å²) in [7, 11) is 4.24. The molecule has 21 heavy (non-hydrogen) atoms. The van der Waals surface area contributed by atoms with Crippen LogP contribution in [0.3, 0.4) is 0 Å². The van der Waals surface area contributed by atoms with Crippen molar-refractivity contribution in [3.05, 3.63) is 35.9 Å². The fraction of sp³-hybridized carbons (Fsp3) is 0.412. The maximum absolute atomic E-state index is 9.36. The van der Waals surface area contributed by atoms with Crippen LogP contribution in [0.15, 0.2) is 30.3 Å². The highest BCUT2D eigenvalue weighted by Gasteiger charge is 2.22. The number of likely N-dealkylation sites (tertiary alicyclic amines) is 1. The SMILES string of the molecule is CN(CC1CCCN1C)c1cc(C#N)c2ccccc2n1. The number of para-hydroxylation sites is 1. The fourth-order valence-electron chi connectivity index (χ4n) is 3.07. The van der Waals surface area contributed by atoms with Gasteiger partial charge in [-0.05, 0) is 38.6 Å². The number of anilines is 1. The Morgan fingerprint density at radius 1 is 1.43 bits per heavy atom. The summed E-state index contributed by atoms with van der Waals surface area (Å²) in [5, 5.41) is 10.3. The molecule has 4 nitrogen and oxygen atoms in total. The van der Waals surface area contributed by atoms with Crippen LogP contribution >= 0.6 is 0 Å². The number of likely N-dealkylation sites (N-methyl/N-ethyl adjacent to an activating group) is 2. The van der Waals surface area contributed by atoms with Gasteiger partial charge in [-0.2, -0.15) is 5.26 Å². The van der Waals surface area contributed by atoms with Crippen molar-refractivity contribution in [3.8, 4) is 6.07 Å². The van der Waals surface area contributed by atoms with Crippen LogP contribution in [0.25, 0.3) is 10.9 Å². The lowest BCUT2D eigenvalue weighted by Crippen LogP contribution is -2.37. The van der Waals surface area contributed by atoms with Crippen molar-refractivity contribution in [2.75, 3.05) is 32.1 Å². The summed E-state index contributed by atoms with van der Waals surface area (Å²) >= 11 is 0. The topological polar surface area (TPSA) is 43.2 Å². The third-order valence-corrected chi connectivity index (χ3v) is 4.37. The predicted octanol–water partition coefficient (Wildman–Crippen LogP) is 2.64. The van der Waals surface area contributed by atoms with E-state index < -0.39 is 0 Å². The number of nitriles is 1. The van der Waals surface area contributed by atoms with Gasteiger partial charge in [-0.3, -0.25) is 0 Å². The van der Waals surface area contributed by atoms with Gasteiger partial charge in [-0.25, -0.2) is 4.98 Å².